The van der Waals surface area contributed by atoms with E-state index in [0.29, 0.717) is 36.3 Å². The Morgan fingerprint density at radius 3 is 2.59 bits per heavy atom. The molecule has 0 saturated heterocycles. The molecule has 178 valence electrons. The number of ether oxygens (including phenoxy) is 1. The molecule has 2 N–H and O–H groups in total. The van der Waals surface area contributed by atoms with Gasteiger partial charge in [-0.25, -0.2) is 0 Å². The number of hydrogen-bond donors (Lipinski definition) is 2. The van der Waals surface area contributed by atoms with Crippen LogP contribution in [0.2, 0.25) is 0 Å². The first-order chi connectivity index (χ1) is 15.4. The summed E-state index contributed by atoms with van der Waals surface area (Å²) in [5.41, 5.74) is 2.30. The third kappa shape index (κ3) is 4.44. The molecular formula is C28H42O4. The molecule has 4 rings (SSSR count). The van der Waals surface area contributed by atoms with Crippen molar-refractivity contribution in [1.82, 2.24) is 0 Å². The van der Waals surface area contributed by atoms with Gasteiger partial charge in [0.2, 0.25) is 5.79 Å². The van der Waals surface area contributed by atoms with E-state index in [0.717, 1.165) is 44.9 Å². The number of aromatic hydroxyl groups is 1. The SMILES string of the molecule is CCCCCCCCCC(=O)O[C@]1(O)CC[C@H]2[C@@H]3CCc4cc(O)ccc4[C@H]3CC[C@@]21C. The van der Waals surface area contributed by atoms with Crippen LogP contribution in [0.5, 0.6) is 5.75 Å². The number of aliphatic hydroxyl groups is 1. The van der Waals surface area contributed by atoms with Gasteiger partial charge >= 0.3 is 5.97 Å². The molecule has 2 saturated carbocycles. The van der Waals surface area contributed by atoms with Crippen molar-refractivity contribution in [2.45, 2.75) is 115 Å². The largest absolute Gasteiger partial charge is 0.508 e. The molecule has 32 heavy (non-hydrogen) atoms. The second-order valence-electron chi connectivity index (χ2n) is 10.9. The lowest BCUT2D eigenvalue weighted by atomic mass is 9.55. The quantitative estimate of drug-likeness (QED) is 0.256. The zero-order valence-electron chi connectivity index (χ0n) is 20.1. The molecule has 0 heterocycles. The number of phenols is 1. The fraction of sp³-hybridized carbons (Fsp3) is 0.750. The van der Waals surface area contributed by atoms with E-state index in [1.54, 1.807) is 0 Å². The number of esters is 1. The molecule has 0 bridgehead atoms. The van der Waals surface area contributed by atoms with Crippen molar-refractivity contribution in [2.24, 2.45) is 17.3 Å². The number of carbonyl (C=O) groups is 1. The predicted molar refractivity (Wildman–Crippen MR) is 126 cm³/mol. The van der Waals surface area contributed by atoms with Crippen LogP contribution in [0, 0.1) is 17.3 Å². The first kappa shape index (κ1) is 23.6. The Labute approximate surface area is 193 Å². The highest BCUT2D eigenvalue weighted by Gasteiger charge is 2.63. The standard InChI is InChI=1S/C28H42O4/c1-3-4-5-6-7-8-9-10-26(30)32-28(31)18-16-25-24-13-11-20-19-21(29)12-14-22(20)23(24)15-17-27(25,28)2/h12,14,19,23-25,29,31H,3-11,13,15-18H2,1-2H3/t23-,24-,25+,27+,28-/m1/s1. The van der Waals surface area contributed by atoms with Gasteiger partial charge in [-0.15, -0.1) is 0 Å². The molecule has 0 spiro atoms. The van der Waals surface area contributed by atoms with Crippen LogP contribution >= 0.6 is 0 Å². The van der Waals surface area contributed by atoms with Crippen LogP contribution in [0.3, 0.4) is 0 Å². The number of unbranched alkanes of at least 4 members (excludes halogenated alkanes) is 6. The van der Waals surface area contributed by atoms with Crippen molar-refractivity contribution >= 4 is 5.97 Å². The molecule has 5 atom stereocenters. The van der Waals surface area contributed by atoms with Gasteiger partial charge in [-0.05, 0) is 79.5 Å². The van der Waals surface area contributed by atoms with Crippen LogP contribution in [0.4, 0.5) is 0 Å². The molecule has 0 aliphatic heterocycles. The Morgan fingerprint density at radius 2 is 1.81 bits per heavy atom. The van der Waals surface area contributed by atoms with E-state index >= 15 is 0 Å². The number of benzene rings is 1. The third-order valence-corrected chi connectivity index (χ3v) is 9.05. The van der Waals surface area contributed by atoms with Crippen molar-refractivity contribution in [3.05, 3.63) is 29.3 Å². The summed E-state index contributed by atoms with van der Waals surface area (Å²) in [6.07, 6.45) is 14.0. The van der Waals surface area contributed by atoms with Gasteiger partial charge in [-0.2, -0.15) is 0 Å². The Bertz CT molecular complexity index is 805. The van der Waals surface area contributed by atoms with Crippen LogP contribution in [-0.4, -0.2) is 22.0 Å². The minimum atomic E-state index is -1.32. The lowest BCUT2D eigenvalue weighted by Gasteiger charge is -2.52. The Morgan fingerprint density at radius 1 is 1.06 bits per heavy atom. The summed E-state index contributed by atoms with van der Waals surface area (Å²) in [7, 11) is 0. The van der Waals surface area contributed by atoms with E-state index < -0.39 is 5.79 Å². The third-order valence-electron chi connectivity index (χ3n) is 9.05. The monoisotopic (exact) mass is 442 g/mol. The first-order valence-electron chi connectivity index (χ1n) is 13.1. The van der Waals surface area contributed by atoms with Crippen molar-refractivity contribution in [3.63, 3.8) is 0 Å². The Hall–Kier alpha value is -1.55. The molecular weight excluding hydrogens is 400 g/mol. The Balaban J connectivity index is 1.35. The predicted octanol–water partition coefficient (Wildman–Crippen LogP) is 6.62. The Kier molecular flexibility index (Phi) is 7.19. The number of aryl methyl sites for hydroxylation is 1. The summed E-state index contributed by atoms with van der Waals surface area (Å²) in [6, 6.07) is 5.84. The molecule has 0 unspecified atom stereocenters. The van der Waals surface area contributed by atoms with Gasteiger partial charge in [-0.1, -0.05) is 58.4 Å². The normalized spacial score (nSPS) is 33.3. The van der Waals surface area contributed by atoms with Gasteiger partial charge < -0.3 is 14.9 Å². The topological polar surface area (TPSA) is 66.8 Å². The van der Waals surface area contributed by atoms with Crippen molar-refractivity contribution < 1.29 is 19.7 Å². The number of fused-ring (bicyclic) bond motifs is 5. The second kappa shape index (κ2) is 9.75. The molecule has 4 heteroatoms. The summed E-state index contributed by atoms with van der Waals surface area (Å²) in [4.78, 5) is 12.6. The maximum Gasteiger partial charge on any atom is 0.308 e. The summed E-state index contributed by atoms with van der Waals surface area (Å²) < 4.78 is 5.86. The van der Waals surface area contributed by atoms with Gasteiger partial charge in [0.05, 0.1) is 0 Å². The number of hydrogen-bond acceptors (Lipinski definition) is 4. The van der Waals surface area contributed by atoms with Crippen LogP contribution in [0.1, 0.15) is 114 Å². The van der Waals surface area contributed by atoms with E-state index in [-0.39, 0.29) is 11.4 Å². The average Bonchev–Trinajstić information content (AvgIpc) is 3.03. The van der Waals surface area contributed by atoms with E-state index in [1.807, 2.05) is 12.1 Å². The van der Waals surface area contributed by atoms with Crippen LogP contribution in [0.15, 0.2) is 18.2 Å². The van der Waals surface area contributed by atoms with Gasteiger partial charge in [-0.3, -0.25) is 4.79 Å². The number of rotatable bonds is 9. The molecule has 3 aliphatic rings. The maximum atomic E-state index is 12.6. The van der Waals surface area contributed by atoms with Gasteiger partial charge in [0, 0.05) is 18.3 Å². The van der Waals surface area contributed by atoms with Crippen molar-refractivity contribution in [3.8, 4) is 5.75 Å². The highest BCUT2D eigenvalue weighted by molar-refractivity contribution is 5.69. The number of phenolic OH excluding ortho intramolecular Hbond substituents is 1. The zero-order valence-corrected chi connectivity index (χ0v) is 20.1. The van der Waals surface area contributed by atoms with Gasteiger partial charge in [0.1, 0.15) is 5.75 Å². The van der Waals surface area contributed by atoms with Crippen LogP contribution < -0.4 is 0 Å². The lowest BCUT2D eigenvalue weighted by molar-refractivity contribution is -0.260. The van der Waals surface area contributed by atoms with E-state index in [1.165, 1.54) is 43.2 Å². The van der Waals surface area contributed by atoms with Crippen molar-refractivity contribution in [1.29, 1.82) is 0 Å². The maximum absolute atomic E-state index is 12.6. The fourth-order valence-corrected chi connectivity index (χ4v) is 7.18. The average molecular weight is 443 g/mol. The van der Waals surface area contributed by atoms with E-state index in [2.05, 4.69) is 19.9 Å². The summed E-state index contributed by atoms with van der Waals surface area (Å²) in [5, 5.41) is 21.4. The highest BCUT2D eigenvalue weighted by atomic mass is 16.7. The fourth-order valence-electron chi connectivity index (χ4n) is 7.18. The summed E-state index contributed by atoms with van der Waals surface area (Å²) in [6.45, 7) is 4.38. The molecule has 0 aromatic heterocycles. The van der Waals surface area contributed by atoms with E-state index in [4.69, 9.17) is 4.74 Å². The van der Waals surface area contributed by atoms with Gasteiger partial charge in [0.25, 0.3) is 0 Å². The summed E-state index contributed by atoms with van der Waals surface area (Å²) in [5.74, 6) is 0.181. The lowest BCUT2D eigenvalue weighted by Crippen LogP contribution is -2.53. The van der Waals surface area contributed by atoms with Crippen molar-refractivity contribution in [2.75, 3.05) is 0 Å². The minimum absolute atomic E-state index is 0.227. The molecule has 3 aliphatic carbocycles. The van der Waals surface area contributed by atoms with Crippen LogP contribution in [0.25, 0.3) is 0 Å². The molecule has 1 aromatic rings. The number of carbonyl (C=O) groups excluding carboxylic acids is 1. The molecule has 0 radical (unpaired) electrons. The molecule has 4 nitrogen and oxygen atoms in total. The zero-order chi connectivity index (χ0) is 22.8. The molecule has 1 aromatic carbocycles. The smallest absolute Gasteiger partial charge is 0.308 e. The molecule has 0 amide bonds. The van der Waals surface area contributed by atoms with Crippen LogP contribution in [-0.2, 0) is 16.0 Å². The van der Waals surface area contributed by atoms with E-state index in [9.17, 15) is 15.0 Å². The minimum Gasteiger partial charge on any atom is -0.508 e. The van der Waals surface area contributed by atoms with Gasteiger partial charge in [0.15, 0.2) is 0 Å². The molecule has 2 fully saturated rings. The first-order valence-corrected chi connectivity index (χ1v) is 13.1. The summed E-state index contributed by atoms with van der Waals surface area (Å²) >= 11 is 0. The highest BCUT2D eigenvalue weighted by Crippen LogP contribution is 2.64. The second-order valence-corrected chi connectivity index (χ2v) is 10.9.